The number of benzene rings is 2. The fourth-order valence-electron chi connectivity index (χ4n) is 4.37. The van der Waals surface area contributed by atoms with Crippen LogP contribution in [0.4, 0.5) is 5.69 Å². The van der Waals surface area contributed by atoms with Crippen molar-refractivity contribution in [2.75, 3.05) is 25.1 Å². The van der Waals surface area contributed by atoms with Gasteiger partial charge in [-0.05, 0) is 54.0 Å². The van der Waals surface area contributed by atoms with Gasteiger partial charge in [0.1, 0.15) is 5.75 Å². The first kappa shape index (κ1) is 19.3. The van der Waals surface area contributed by atoms with E-state index >= 15 is 0 Å². The Morgan fingerprint density at radius 3 is 2.66 bits per heavy atom. The number of H-pyrrole nitrogens is 1. The summed E-state index contributed by atoms with van der Waals surface area (Å²) in [4.78, 5) is 29.1. The molecule has 29 heavy (non-hydrogen) atoms. The van der Waals surface area contributed by atoms with Crippen LogP contribution >= 0.6 is 0 Å². The van der Waals surface area contributed by atoms with E-state index in [-0.39, 0.29) is 5.56 Å². The number of fused-ring (bicyclic) bond motifs is 1. The van der Waals surface area contributed by atoms with Crippen molar-refractivity contribution in [3.63, 3.8) is 0 Å². The van der Waals surface area contributed by atoms with Crippen molar-refractivity contribution in [1.29, 1.82) is 0 Å². The van der Waals surface area contributed by atoms with E-state index in [9.17, 15) is 9.59 Å². The van der Waals surface area contributed by atoms with Crippen molar-refractivity contribution in [2.45, 2.75) is 26.7 Å². The molecule has 152 valence electrons. The van der Waals surface area contributed by atoms with Crippen molar-refractivity contribution < 1.29 is 4.74 Å². The Morgan fingerprint density at radius 2 is 1.97 bits per heavy atom. The maximum atomic E-state index is 12.5. The third kappa shape index (κ3) is 3.33. The second kappa shape index (κ2) is 7.43. The van der Waals surface area contributed by atoms with Crippen molar-refractivity contribution in [1.82, 2.24) is 9.55 Å². The molecule has 2 aromatic carbocycles. The first-order chi connectivity index (χ1) is 13.9. The Labute approximate surface area is 169 Å². The zero-order valence-corrected chi connectivity index (χ0v) is 17.4. The molecule has 1 fully saturated rings. The summed E-state index contributed by atoms with van der Waals surface area (Å²) in [6.45, 7) is 6.36. The van der Waals surface area contributed by atoms with E-state index in [0.717, 1.165) is 46.7 Å². The topological polar surface area (TPSA) is 67.3 Å². The van der Waals surface area contributed by atoms with Crippen molar-refractivity contribution in [3.05, 3.63) is 56.9 Å². The molecule has 0 amide bonds. The number of nitrogens with one attached hydrogen (secondary N) is 1. The van der Waals surface area contributed by atoms with Gasteiger partial charge in [-0.3, -0.25) is 9.78 Å². The summed E-state index contributed by atoms with van der Waals surface area (Å²) < 4.78 is 7.12. The maximum absolute atomic E-state index is 12.5. The molecule has 3 aromatic rings. The standard InChI is InChI=1S/C23H27N3O3/c1-5-15-8-9-26(12-15)16-6-7-17-18(10-14(2)21(29-4)19(17)11-16)20-13-25(3)23(28)24-22(20)27/h6-7,10-11,13,15H,5,8-9,12H2,1-4H3,(H,24,27,28). The third-order valence-corrected chi connectivity index (χ3v) is 6.09. The van der Waals surface area contributed by atoms with E-state index in [4.69, 9.17) is 4.74 Å². The summed E-state index contributed by atoms with van der Waals surface area (Å²) in [6, 6.07) is 8.30. The number of nitrogens with zero attached hydrogens (tertiary/aromatic N) is 2. The normalized spacial score (nSPS) is 16.6. The lowest BCUT2D eigenvalue weighted by Gasteiger charge is -2.21. The highest BCUT2D eigenvalue weighted by molar-refractivity contribution is 6.02. The molecule has 1 N–H and O–H groups in total. The van der Waals surface area contributed by atoms with E-state index in [2.05, 4.69) is 35.0 Å². The molecule has 0 aliphatic carbocycles. The number of aromatic amines is 1. The molecule has 6 heteroatoms. The SMILES string of the molecule is CCC1CCN(c2ccc3c(-c4cn(C)c(=O)[nH]c4=O)cc(C)c(OC)c3c2)C1. The lowest BCUT2D eigenvalue weighted by molar-refractivity contribution is 0.417. The lowest BCUT2D eigenvalue weighted by Crippen LogP contribution is -2.28. The van der Waals surface area contributed by atoms with Crippen LogP contribution in [0.15, 0.2) is 40.1 Å². The average Bonchev–Trinajstić information content (AvgIpc) is 3.19. The molecule has 0 saturated carbocycles. The summed E-state index contributed by atoms with van der Waals surface area (Å²) in [6.07, 6.45) is 4.02. The van der Waals surface area contributed by atoms with Gasteiger partial charge in [0.05, 0.1) is 12.7 Å². The third-order valence-electron chi connectivity index (χ3n) is 6.09. The molecule has 1 saturated heterocycles. The minimum atomic E-state index is -0.421. The van der Waals surface area contributed by atoms with Crippen LogP contribution in [0.1, 0.15) is 25.3 Å². The number of hydrogen-bond acceptors (Lipinski definition) is 4. The van der Waals surface area contributed by atoms with Crippen LogP contribution in [-0.4, -0.2) is 29.8 Å². The zero-order valence-electron chi connectivity index (χ0n) is 17.4. The minimum absolute atomic E-state index is 0.381. The van der Waals surface area contributed by atoms with Crippen LogP contribution in [0.5, 0.6) is 5.75 Å². The summed E-state index contributed by atoms with van der Waals surface area (Å²) >= 11 is 0. The van der Waals surface area contributed by atoms with Crippen LogP contribution in [0.2, 0.25) is 0 Å². The van der Waals surface area contributed by atoms with Gasteiger partial charge in [0.2, 0.25) is 0 Å². The monoisotopic (exact) mass is 393 g/mol. The Kier molecular flexibility index (Phi) is 4.94. The Balaban J connectivity index is 1.93. The molecule has 6 nitrogen and oxygen atoms in total. The number of aromatic nitrogens is 2. The number of methoxy groups -OCH3 is 1. The molecule has 0 radical (unpaired) electrons. The van der Waals surface area contributed by atoms with Crippen LogP contribution in [0, 0.1) is 12.8 Å². The molecule has 1 atom stereocenters. The number of hydrogen-bond donors (Lipinski definition) is 1. The number of anilines is 1. The predicted octanol–water partition coefficient (Wildman–Crippen LogP) is 3.45. The summed E-state index contributed by atoms with van der Waals surface area (Å²) in [5.74, 6) is 1.56. The molecule has 0 spiro atoms. The summed E-state index contributed by atoms with van der Waals surface area (Å²) in [5.41, 5.74) is 2.60. The van der Waals surface area contributed by atoms with Gasteiger partial charge in [0, 0.05) is 37.4 Å². The molecular weight excluding hydrogens is 366 g/mol. The van der Waals surface area contributed by atoms with Gasteiger partial charge in [-0.2, -0.15) is 0 Å². The van der Waals surface area contributed by atoms with E-state index in [0.29, 0.717) is 5.56 Å². The zero-order chi connectivity index (χ0) is 20.7. The highest BCUT2D eigenvalue weighted by Crippen LogP contribution is 2.39. The first-order valence-corrected chi connectivity index (χ1v) is 10.1. The van der Waals surface area contributed by atoms with Gasteiger partial charge in [-0.15, -0.1) is 0 Å². The molecule has 4 rings (SSSR count). The Hall–Kier alpha value is -3.02. The molecule has 1 aromatic heterocycles. The van der Waals surface area contributed by atoms with Gasteiger partial charge >= 0.3 is 5.69 Å². The van der Waals surface area contributed by atoms with Crippen LogP contribution < -0.4 is 20.9 Å². The van der Waals surface area contributed by atoms with Crippen LogP contribution in [0.3, 0.4) is 0 Å². The second-order valence-electron chi connectivity index (χ2n) is 7.93. The van der Waals surface area contributed by atoms with Crippen molar-refractivity contribution in [2.24, 2.45) is 13.0 Å². The van der Waals surface area contributed by atoms with E-state index in [1.807, 2.05) is 13.0 Å². The minimum Gasteiger partial charge on any atom is -0.496 e. The fourth-order valence-corrected chi connectivity index (χ4v) is 4.37. The maximum Gasteiger partial charge on any atom is 0.328 e. The highest BCUT2D eigenvalue weighted by atomic mass is 16.5. The molecule has 1 unspecified atom stereocenters. The molecule has 1 aliphatic heterocycles. The molecule has 1 aliphatic rings. The van der Waals surface area contributed by atoms with Crippen LogP contribution in [-0.2, 0) is 7.05 Å². The summed E-state index contributed by atoms with van der Waals surface area (Å²) in [7, 11) is 3.31. The lowest BCUT2D eigenvalue weighted by atomic mass is 9.95. The Bertz CT molecular complexity index is 1190. The van der Waals surface area contributed by atoms with Gasteiger partial charge in [-0.25, -0.2) is 4.79 Å². The molecular formula is C23H27N3O3. The predicted molar refractivity (Wildman–Crippen MR) is 117 cm³/mol. The second-order valence-corrected chi connectivity index (χ2v) is 7.93. The number of rotatable bonds is 4. The first-order valence-electron chi connectivity index (χ1n) is 10.1. The Morgan fingerprint density at radius 1 is 1.17 bits per heavy atom. The quantitative estimate of drug-likeness (QED) is 0.737. The molecule has 0 bridgehead atoms. The molecule has 2 heterocycles. The van der Waals surface area contributed by atoms with Gasteiger partial charge in [0.15, 0.2) is 0 Å². The van der Waals surface area contributed by atoms with Crippen molar-refractivity contribution >= 4 is 16.5 Å². The van der Waals surface area contributed by atoms with Crippen LogP contribution in [0.25, 0.3) is 21.9 Å². The number of ether oxygens (including phenoxy) is 1. The van der Waals surface area contributed by atoms with E-state index in [1.54, 1.807) is 20.4 Å². The van der Waals surface area contributed by atoms with Gasteiger partial charge in [0.25, 0.3) is 5.56 Å². The highest BCUT2D eigenvalue weighted by Gasteiger charge is 2.22. The summed E-state index contributed by atoms with van der Waals surface area (Å²) in [5, 5.41) is 1.92. The van der Waals surface area contributed by atoms with Crippen molar-refractivity contribution in [3.8, 4) is 16.9 Å². The fraction of sp³-hybridized carbons (Fsp3) is 0.391. The van der Waals surface area contributed by atoms with Gasteiger partial charge < -0.3 is 14.2 Å². The average molecular weight is 393 g/mol. The van der Waals surface area contributed by atoms with E-state index in [1.165, 1.54) is 23.1 Å². The van der Waals surface area contributed by atoms with E-state index < -0.39 is 5.69 Å². The van der Waals surface area contributed by atoms with Gasteiger partial charge in [-0.1, -0.05) is 19.4 Å². The largest absolute Gasteiger partial charge is 0.496 e. The smallest absolute Gasteiger partial charge is 0.328 e. The number of aryl methyl sites for hydroxylation is 2.